The van der Waals surface area contributed by atoms with Gasteiger partial charge >= 0.3 is 5.97 Å². The summed E-state index contributed by atoms with van der Waals surface area (Å²) >= 11 is 0. The van der Waals surface area contributed by atoms with Gasteiger partial charge < -0.3 is 10.4 Å². The zero-order chi connectivity index (χ0) is 14.5. The highest BCUT2D eigenvalue weighted by molar-refractivity contribution is 5.95. The average molecular weight is 273 g/mol. The van der Waals surface area contributed by atoms with Gasteiger partial charge in [-0.25, -0.2) is 4.79 Å². The number of hydrogen-bond donors (Lipinski definition) is 2. The van der Waals surface area contributed by atoms with Crippen molar-refractivity contribution in [2.75, 3.05) is 6.54 Å². The van der Waals surface area contributed by atoms with Gasteiger partial charge in [-0.05, 0) is 36.8 Å². The molecule has 2 rings (SSSR count). The van der Waals surface area contributed by atoms with E-state index in [2.05, 4.69) is 10.4 Å². The van der Waals surface area contributed by atoms with E-state index in [4.69, 9.17) is 5.11 Å². The van der Waals surface area contributed by atoms with E-state index < -0.39 is 5.97 Å². The highest BCUT2D eigenvalue weighted by Gasteiger charge is 2.07. The number of rotatable bonds is 5. The van der Waals surface area contributed by atoms with Crippen LogP contribution in [0.5, 0.6) is 0 Å². The lowest BCUT2D eigenvalue weighted by Gasteiger charge is -2.05. The van der Waals surface area contributed by atoms with Crippen LogP contribution < -0.4 is 5.32 Å². The van der Waals surface area contributed by atoms with Crippen molar-refractivity contribution in [3.8, 4) is 0 Å². The number of carbonyl (C=O) groups is 2. The molecule has 0 aliphatic carbocycles. The highest BCUT2D eigenvalue weighted by atomic mass is 16.4. The van der Waals surface area contributed by atoms with Crippen molar-refractivity contribution < 1.29 is 14.7 Å². The van der Waals surface area contributed by atoms with Gasteiger partial charge in [-0.2, -0.15) is 5.10 Å². The Hall–Kier alpha value is -2.63. The molecule has 20 heavy (non-hydrogen) atoms. The van der Waals surface area contributed by atoms with E-state index in [1.807, 2.05) is 13.1 Å². The van der Waals surface area contributed by atoms with Gasteiger partial charge in [0.2, 0.25) is 0 Å². The van der Waals surface area contributed by atoms with Crippen molar-refractivity contribution in [1.29, 1.82) is 0 Å². The number of carbonyl (C=O) groups excluding carboxylic acids is 1. The Labute approximate surface area is 116 Å². The monoisotopic (exact) mass is 273 g/mol. The minimum atomic E-state index is -1.01. The Kier molecular flexibility index (Phi) is 4.14. The van der Waals surface area contributed by atoms with Gasteiger partial charge in [0, 0.05) is 18.3 Å². The van der Waals surface area contributed by atoms with Crippen molar-refractivity contribution in [2.45, 2.75) is 13.5 Å². The van der Waals surface area contributed by atoms with Crippen LogP contribution in [0.25, 0.3) is 0 Å². The Morgan fingerprint density at radius 1 is 1.25 bits per heavy atom. The molecule has 0 saturated carbocycles. The summed E-state index contributed by atoms with van der Waals surface area (Å²) in [7, 11) is 0. The summed E-state index contributed by atoms with van der Waals surface area (Å²) in [5.41, 5.74) is 1.67. The molecule has 0 unspecified atom stereocenters. The van der Waals surface area contributed by atoms with Crippen LogP contribution in [-0.2, 0) is 6.54 Å². The average Bonchev–Trinajstić information content (AvgIpc) is 2.84. The van der Waals surface area contributed by atoms with Crippen LogP contribution in [0.4, 0.5) is 0 Å². The Morgan fingerprint density at radius 3 is 2.45 bits per heavy atom. The number of aryl methyl sites for hydroxylation is 1. The lowest BCUT2D eigenvalue weighted by atomic mass is 10.1. The van der Waals surface area contributed by atoms with Gasteiger partial charge in [-0.15, -0.1) is 0 Å². The van der Waals surface area contributed by atoms with Gasteiger partial charge in [0.05, 0.1) is 18.3 Å². The molecule has 0 radical (unpaired) electrons. The topological polar surface area (TPSA) is 84.2 Å². The largest absolute Gasteiger partial charge is 0.478 e. The molecule has 2 N–H and O–H groups in total. The summed E-state index contributed by atoms with van der Waals surface area (Å²) in [6, 6.07) is 5.82. The number of carboxylic acid groups (broad SMARTS) is 1. The van der Waals surface area contributed by atoms with Crippen LogP contribution in [-0.4, -0.2) is 33.3 Å². The number of benzene rings is 1. The van der Waals surface area contributed by atoms with Crippen LogP contribution >= 0.6 is 0 Å². The molecule has 0 saturated heterocycles. The van der Waals surface area contributed by atoms with Gasteiger partial charge in [0.15, 0.2) is 0 Å². The zero-order valence-corrected chi connectivity index (χ0v) is 11.0. The summed E-state index contributed by atoms with van der Waals surface area (Å²) in [5, 5.41) is 15.6. The molecular formula is C14H15N3O3. The third-order valence-electron chi connectivity index (χ3n) is 2.78. The summed E-state index contributed by atoms with van der Waals surface area (Å²) in [5.74, 6) is -1.24. The first kappa shape index (κ1) is 13.8. The fourth-order valence-corrected chi connectivity index (χ4v) is 1.74. The Bertz CT molecular complexity index is 617. The highest BCUT2D eigenvalue weighted by Crippen LogP contribution is 2.04. The fraction of sp³-hybridized carbons (Fsp3) is 0.214. The summed E-state index contributed by atoms with van der Waals surface area (Å²) in [6.45, 7) is 3.00. The molecule has 6 heteroatoms. The maximum Gasteiger partial charge on any atom is 0.335 e. The van der Waals surface area contributed by atoms with Crippen LogP contribution in [0.1, 0.15) is 26.3 Å². The lowest BCUT2D eigenvalue weighted by molar-refractivity contribution is 0.0696. The summed E-state index contributed by atoms with van der Waals surface area (Å²) in [4.78, 5) is 22.5. The van der Waals surface area contributed by atoms with Crippen LogP contribution in [0.15, 0.2) is 36.7 Å². The van der Waals surface area contributed by atoms with E-state index >= 15 is 0 Å². The van der Waals surface area contributed by atoms with Crippen molar-refractivity contribution in [3.63, 3.8) is 0 Å². The number of amides is 1. The van der Waals surface area contributed by atoms with Crippen LogP contribution in [0.2, 0.25) is 0 Å². The van der Waals surface area contributed by atoms with Crippen LogP contribution in [0, 0.1) is 6.92 Å². The molecule has 1 aromatic carbocycles. The second kappa shape index (κ2) is 6.01. The third-order valence-corrected chi connectivity index (χ3v) is 2.78. The first-order valence-electron chi connectivity index (χ1n) is 6.17. The van der Waals surface area contributed by atoms with E-state index in [9.17, 15) is 9.59 Å². The molecule has 0 fully saturated rings. The molecule has 0 bridgehead atoms. The molecule has 0 atom stereocenters. The molecule has 104 valence electrons. The van der Waals surface area contributed by atoms with Gasteiger partial charge in [-0.3, -0.25) is 9.48 Å². The smallest absolute Gasteiger partial charge is 0.335 e. The Balaban J connectivity index is 1.86. The zero-order valence-electron chi connectivity index (χ0n) is 11.0. The standard InChI is InChI=1S/C14H15N3O3/c1-10-8-16-17(9-10)7-6-15-13(18)11-2-4-12(5-3-11)14(19)20/h2-5,8-9H,6-7H2,1H3,(H,15,18)(H,19,20). The number of nitrogens with one attached hydrogen (secondary N) is 1. The predicted octanol–water partition coefficient (Wildman–Crippen LogP) is 1.32. The number of hydrogen-bond acceptors (Lipinski definition) is 3. The van der Waals surface area contributed by atoms with Gasteiger partial charge in [-0.1, -0.05) is 0 Å². The molecule has 1 amide bonds. The quantitative estimate of drug-likeness (QED) is 0.860. The summed E-state index contributed by atoms with van der Waals surface area (Å²) in [6.07, 6.45) is 3.65. The number of nitrogens with zero attached hydrogens (tertiary/aromatic N) is 2. The van der Waals surface area contributed by atoms with E-state index in [-0.39, 0.29) is 11.5 Å². The van der Waals surface area contributed by atoms with Gasteiger partial charge in [0.25, 0.3) is 5.91 Å². The van der Waals surface area contributed by atoms with Crippen molar-refractivity contribution in [2.24, 2.45) is 0 Å². The lowest BCUT2D eigenvalue weighted by Crippen LogP contribution is -2.27. The molecule has 1 heterocycles. The molecule has 6 nitrogen and oxygen atoms in total. The second-order valence-electron chi connectivity index (χ2n) is 4.42. The number of aromatic nitrogens is 2. The van der Waals surface area contributed by atoms with E-state index in [0.29, 0.717) is 18.7 Å². The van der Waals surface area contributed by atoms with Crippen LogP contribution in [0.3, 0.4) is 0 Å². The van der Waals surface area contributed by atoms with E-state index in [0.717, 1.165) is 5.56 Å². The normalized spacial score (nSPS) is 10.2. The fourth-order valence-electron chi connectivity index (χ4n) is 1.74. The molecule has 0 spiro atoms. The first-order valence-corrected chi connectivity index (χ1v) is 6.17. The minimum Gasteiger partial charge on any atom is -0.478 e. The maximum atomic E-state index is 11.8. The van der Waals surface area contributed by atoms with Crippen molar-refractivity contribution in [1.82, 2.24) is 15.1 Å². The maximum absolute atomic E-state index is 11.8. The molecule has 1 aromatic heterocycles. The summed E-state index contributed by atoms with van der Waals surface area (Å²) < 4.78 is 1.75. The van der Waals surface area contributed by atoms with E-state index in [1.54, 1.807) is 10.9 Å². The third kappa shape index (κ3) is 3.44. The second-order valence-corrected chi connectivity index (χ2v) is 4.42. The first-order chi connectivity index (χ1) is 9.56. The molecule has 0 aliphatic rings. The number of carboxylic acids is 1. The SMILES string of the molecule is Cc1cnn(CCNC(=O)c2ccc(C(=O)O)cc2)c1. The molecule has 2 aromatic rings. The Morgan fingerprint density at radius 2 is 1.90 bits per heavy atom. The number of aromatic carboxylic acids is 1. The molecule has 0 aliphatic heterocycles. The van der Waals surface area contributed by atoms with Crippen molar-refractivity contribution >= 4 is 11.9 Å². The van der Waals surface area contributed by atoms with Gasteiger partial charge in [0.1, 0.15) is 0 Å². The molecular weight excluding hydrogens is 258 g/mol. The van der Waals surface area contributed by atoms with Crippen molar-refractivity contribution in [3.05, 3.63) is 53.3 Å². The minimum absolute atomic E-state index is 0.161. The van der Waals surface area contributed by atoms with E-state index in [1.165, 1.54) is 24.3 Å². The predicted molar refractivity (Wildman–Crippen MR) is 72.7 cm³/mol.